The summed E-state index contributed by atoms with van der Waals surface area (Å²) in [5.74, 6) is -1.82. The molecule has 2 rings (SSSR count). The number of esters is 1. The molecule has 1 aliphatic heterocycles. The molecule has 10 nitrogen and oxygen atoms in total. The van der Waals surface area contributed by atoms with Crippen LogP contribution in [0.2, 0.25) is 0 Å². The van der Waals surface area contributed by atoms with E-state index >= 15 is 0 Å². The number of rotatable bonds is 9. The van der Waals surface area contributed by atoms with E-state index in [1.165, 1.54) is 18.2 Å². The lowest BCUT2D eigenvalue weighted by atomic mass is 10.1. The van der Waals surface area contributed by atoms with Gasteiger partial charge in [-0.15, -0.1) is 0 Å². The number of nitro benzene ring substituents is 1. The van der Waals surface area contributed by atoms with Crippen LogP contribution in [0.25, 0.3) is 0 Å². The first kappa shape index (κ1) is 22.1. The Hall–Kier alpha value is -3.17. The zero-order chi connectivity index (χ0) is 21.2. The number of nitrogens with zero attached hydrogens (tertiary/aromatic N) is 2. The van der Waals surface area contributed by atoms with E-state index in [4.69, 9.17) is 4.74 Å². The first-order valence-electron chi connectivity index (χ1n) is 9.66. The third-order valence-corrected chi connectivity index (χ3v) is 4.46. The van der Waals surface area contributed by atoms with Crippen LogP contribution >= 0.6 is 0 Å². The van der Waals surface area contributed by atoms with Crippen LogP contribution in [0.4, 0.5) is 11.4 Å². The van der Waals surface area contributed by atoms with Crippen LogP contribution in [0.15, 0.2) is 18.2 Å². The Balaban J connectivity index is 1.93. The maximum atomic E-state index is 12.2. The quantitative estimate of drug-likeness (QED) is 0.360. The fourth-order valence-corrected chi connectivity index (χ4v) is 2.97. The number of benzene rings is 1. The van der Waals surface area contributed by atoms with Gasteiger partial charge in [-0.2, -0.15) is 0 Å². The highest BCUT2D eigenvalue weighted by Crippen LogP contribution is 2.31. The van der Waals surface area contributed by atoms with Gasteiger partial charge in [-0.3, -0.25) is 19.7 Å². The largest absolute Gasteiger partial charge is 0.452 e. The van der Waals surface area contributed by atoms with Gasteiger partial charge in [0.1, 0.15) is 5.69 Å². The summed E-state index contributed by atoms with van der Waals surface area (Å²) in [6, 6.07) is 4.16. The van der Waals surface area contributed by atoms with Crippen LogP contribution in [-0.2, 0) is 14.3 Å². The van der Waals surface area contributed by atoms with Gasteiger partial charge in [-0.05, 0) is 37.8 Å². The summed E-state index contributed by atoms with van der Waals surface area (Å²) in [7, 11) is 0. The molecule has 1 aromatic carbocycles. The Bertz CT molecular complexity index is 761. The van der Waals surface area contributed by atoms with E-state index in [1.807, 2.05) is 11.8 Å². The molecule has 1 heterocycles. The van der Waals surface area contributed by atoms with E-state index in [9.17, 15) is 24.5 Å². The van der Waals surface area contributed by atoms with Gasteiger partial charge in [0.05, 0.1) is 17.0 Å². The molecule has 0 aliphatic carbocycles. The summed E-state index contributed by atoms with van der Waals surface area (Å²) in [4.78, 5) is 48.2. The number of piperidine rings is 1. The Kier molecular flexibility index (Phi) is 8.38. The fraction of sp³-hybridized carbons (Fsp3) is 0.526. The average Bonchev–Trinajstić information content (AvgIpc) is 2.74. The molecule has 1 aromatic rings. The molecule has 0 radical (unpaired) electrons. The maximum Gasteiger partial charge on any atom is 0.338 e. The topological polar surface area (TPSA) is 131 Å². The molecule has 2 amide bonds. The number of hydrogen-bond donors (Lipinski definition) is 2. The van der Waals surface area contributed by atoms with Gasteiger partial charge in [0.2, 0.25) is 5.91 Å². The van der Waals surface area contributed by atoms with Gasteiger partial charge in [0, 0.05) is 25.7 Å². The molecule has 158 valence electrons. The fourth-order valence-electron chi connectivity index (χ4n) is 2.97. The van der Waals surface area contributed by atoms with Crippen LogP contribution in [0.3, 0.4) is 0 Å². The first-order valence-corrected chi connectivity index (χ1v) is 9.66. The molecular formula is C19H26N4O6. The molecule has 0 spiro atoms. The van der Waals surface area contributed by atoms with Crippen molar-refractivity contribution in [3.05, 3.63) is 33.9 Å². The number of amides is 2. The Morgan fingerprint density at radius 2 is 1.86 bits per heavy atom. The standard InChI is InChI=1S/C19H26N4O6/c1-2-8-20-17(24)12-21-18(25)13-29-19(26)14-6-7-15(16(11-14)23(27)28)22-9-4-3-5-10-22/h6-7,11H,2-5,8-10,12-13H2,1H3,(H,20,24)(H,21,25). The highest BCUT2D eigenvalue weighted by Gasteiger charge is 2.23. The Labute approximate surface area is 168 Å². The van der Waals surface area contributed by atoms with Crippen molar-refractivity contribution in [3.63, 3.8) is 0 Å². The van der Waals surface area contributed by atoms with Crippen LogP contribution in [0.1, 0.15) is 43.0 Å². The van der Waals surface area contributed by atoms with Crippen molar-refractivity contribution in [1.29, 1.82) is 0 Å². The lowest BCUT2D eigenvalue weighted by Gasteiger charge is -2.28. The van der Waals surface area contributed by atoms with Gasteiger partial charge in [0.15, 0.2) is 6.61 Å². The molecule has 0 aromatic heterocycles. The molecule has 29 heavy (non-hydrogen) atoms. The van der Waals surface area contributed by atoms with E-state index in [0.29, 0.717) is 12.2 Å². The lowest BCUT2D eigenvalue weighted by molar-refractivity contribution is -0.384. The SMILES string of the molecule is CCCNC(=O)CNC(=O)COC(=O)c1ccc(N2CCCCC2)c([N+](=O)[O-])c1. The molecule has 0 bridgehead atoms. The molecular weight excluding hydrogens is 380 g/mol. The first-order chi connectivity index (χ1) is 13.9. The highest BCUT2D eigenvalue weighted by molar-refractivity contribution is 5.93. The minimum atomic E-state index is -0.844. The molecule has 1 saturated heterocycles. The predicted octanol–water partition coefficient (Wildman–Crippen LogP) is 1.38. The van der Waals surface area contributed by atoms with E-state index in [0.717, 1.165) is 38.8 Å². The predicted molar refractivity (Wildman–Crippen MR) is 106 cm³/mol. The normalized spacial score (nSPS) is 13.5. The monoisotopic (exact) mass is 406 g/mol. The lowest BCUT2D eigenvalue weighted by Crippen LogP contribution is -2.38. The highest BCUT2D eigenvalue weighted by atomic mass is 16.6. The number of nitrogens with one attached hydrogen (secondary N) is 2. The molecule has 1 aliphatic rings. The van der Waals surface area contributed by atoms with Crippen LogP contribution in [0.5, 0.6) is 0 Å². The van der Waals surface area contributed by atoms with Crippen LogP contribution < -0.4 is 15.5 Å². The van der Waals surface area contributed by atoms with E-state index in [-0.39, 0.29) is 23.7 Å². The second-order valence-corrected chi connectivity index (χ2v) is 6.71. The smallest absolute Gasteiger partial charge is 0.338 e. The minimum absolute atomic E-state index is 0.00838. The van der Waals surface area contributed by atoms with Crippen molar-refractivity contribution < 1.29 is 24.0 Å². The van der Waals surface area contributed by atoms with Crippen molar-refractivity contribution in [3.8, 4) is 0 Å². The third kappa shape index (κ3) is 6.74. The number of hydrogen-bond acceptors (Lipinski definition) is 7. The zero-order valence-corrected chi connectivity index (χ0v) is 16.4. The van der Waals surface area contributed by atoms with E-state index in [1.54, 1.807) is 0 Å². The summed E-state index contributed by atoms with van der Waals surface area (Å²) < 4.78 is 4.90. The number of anilines is 1. The summed E-state index contributed by atoms with van der Waals surface area (Å²) >= 11 is 0. The van der Waals surface area contributed by atoms with Crippen molar-refractivity contribution in [2.75, 3.05) is 37.7 Å². The van der Waals surface area contributed by atoms with Crippen molar-refractivity contribution in [2.24, 2.45) is 0 Å². The average molecular weight is 406 g/mol. The van der Waals surface area contributed by atoms with Crippen LogP contribution in [0, 0.1) is 10.1 Å². The molecule has 0 saturated carbocycles. The number of carbonyl (C=O) groups is 3. The summed E-state index contributed by atoms with van der Waals surface area (Å²) in [6.45, 7) is 3.08. The zero-order valence-electron chi connectivity index (χ0n) is 16.4. The van der Waals surface area contributed by atoms with Gasteiger partial charge < -0.3 is 20.3 Å². The summed E-state index contributed by atoms with van der Waals surface area (Å²) in [5.41, 5.74) is 0.298. The van der Waals surface area contributed by atoms with Crippen molar-refractivity contribution >= 4 is 29.2 Å². The Morgan fingerprint density at radius 3 is 2.52 bits per heavy atom. The number of nitro groups is 1. The number of ether oxygens (including phenoxy) is 1. The Morgan fingerprint density at radius 1 is 1.14 bits per heavy atom. The number of carbonyl (C=O) groups excluding carboxylic acids is 3. The molecule has 0 unspecified atom stereocenters. The third-order valence-electron chi connectivity index (χ3n) is 4.46. The van der Waals surface area contributed by atoms with Gasteiger partial charge in [-0.25, -0.2) is 4.79 Å². The van der Waals surface area contributed by atoms with Crippen LogP contribution in [-0.4, -0.2) is 55.5 Å². The molecule has 2 N–H and O–H groups in total. The summed E-state index contributed by atoms with van der Waals surface area (Å²) in [5, 5.41) is 16.4. The van der Waals surface area contributed by atoms with Gasteiger partial charge in [0.25, 0.3) is 11.6 Å². The van der Waals surface area contributed by atoms with E-state index < -0.39 is 23.4 Å². The second kappa shape index (κ2) is 11.0. The van der Waals surface area contributed by atoms with Crippen molar-refractivity contribution in [1.82, 2.24) is 10.6 Å². The van der Waals surface area contributed by atoms with Gasteiger partial charge >= 0.3 is 5.97 Å². The van der Waals surface area contributed by atoms with Gasteiger partial charge in [-0.1, -0.05) is 6.92 Å². The minimum Gasteiger partial charge on any atom is -0.452 e. The maximum absolute atomic E-state index is 12.2. The van der Waals surface area contributed by atoms with Crippen molar-refractivity contribution in [2.45, 2.75) is 32.6 Å². The molecule has 1 fully saturated rings. The molecule has 10 heteroatoms. The molecule has 0 atom stereocenters. The van der Waals surface area contributed by atoms with E-state index in [2.05, 4.69) is 10.6 Å². The second-order valence-electron chi connectivity index (χ2n) is 6.71. The summed E-state index contributed by atoms with van der Waals surface area (Å²) in [6.07, 6.45) is 3.80.